The van der Waals surface area contributed by atoms with Gasteiger partial charge in [0.05, 0.1) is 5.57 Å². The Morgan fingerprint density at radius 3 is 2.69 bits per heavy atom. The summed E-state index contributed by atoms with van der Waals surface area (Å²) in [4.78, 5) is 22.9. The highest BCUT2D eigenvalue weighted by Gasteiger charge is 2.40. The molecule has 1 aliphatic carbocycles. The van der Waals surface area contributed by atoms with Gasteiger partial charge in [0.1, 0.15) is 0 Å². The molecule has 0 spiro atoms. The fourth-order valence-corrected chi connectivity index (χ4v) is 3.30. The molecule has 1 saturated heterocycles. The van der Waals surface area contributed by atoms with Crippen LogP contribution in [0.2, 0.25) is 0 Å². The zero-order chi connectivity index (χ0) is 9.42. The predicted octanol–water partition coefficient (Wildman–Crippen LogP) is 1.94. The van der Waals surface area contributed by atoms with Gasteiger partial charge >= 0.3 is 0 Å². The lowest BCUT2D eigenvalue weighted by molar-refractivity contribution is -0.122. The third-order valence-corrected chi connectivity index (χ3v) is 4.17. The van der Waals surface area contributed by atoms with Gasteiger partial charge in [0.15, 0.2) is 5.78 Å². The lowest BCUT2D eigenvalue weighted by atomic mass is 9.83. The molecule has 70 valence electrons. The van der Waals surface area contributed by atoms with Gasteiger partial charge in [-0.15, -0.1) is 0 Å². The maximum absolute atomic E-state index is 11.6. The van der Waals surface area contributed by atoms with E-state index in [0.29, 0.717) is 0 Å². The molecular weight excluding hydrogens is 184 g/mol. The summed E-state index contributed by atoms with van der Waals surface area (Å²) in [6, 6.07) is 0. The molecular formula is C10H12O2S. The Labute approximate surface area is 81.8 Å². The van der Waals surface area contributed by atoms with Crippen molar-refractivity contribution in [1.29, 1.82) is 0 Å². The number of fused-ring (bicyclic) bond motifs is 1. The van der Waals surface area contributed by atoms with Gasteiger partial charge in [-0.3, -0.25) is 9.59 Å². The van der Waals surface area contributed by atoms with Crippen LogP contribution in [0.15, 0.2) is 12.2 Å². The molecule has 0 N–H and O–H groups in total. The van der Waals surface area contributed by atoms with E-state index in [0.717, 1.165) is 25.7 Å². The second-order valence-corrected chi connectivity index (χ2v) is 4.89. The molecule has 13 heavy (non-hydrogen) atoms. The van der Waals surface area contributed by atoms with Crippen molar-refractivity contribution in [3.8, 4) is 0 Å². The zero-order valence-corrected chi connectivity index (χ0v) is 8.23. The molecule has 0 aromatic rings. The highest BCUT2D eigenvalue weighted by Crippen LogP contribution is 2.40. The standard InChI is InChI=1S/C10H12O2S/c1-6-9(11)7-4-2-3-5-8(7)13-10(6)12/h7-8H,1-5H2. The Morgan fingerprint density at radius 2 is 1.92 bits per heavy atom. The molecule has 2 atom stereocenters. The van der Waals surface area contributed by atoms with E-state index in [9.17, 15) is 9.59 Å². The van der Waals surface area contributed by atoms with E-state index in [4.69, 9.17) is 0 Å². The van der Waals surface area contributed by atoms with Crippen LogP contribution in [-0.2, 0) is 9.59 Å². The minimum Gasteiger partial charge on any atom is -0.294 e. The Kier molecular flexibility index (Phi) is 2.28. The number of ketones is 1. The Bertz CT molecular complexity index is 283. The van der Waals surface area contributed by atoms with Crippen molar-refractivity contribution < 1.29 is 9.59 Å². The lowest BCUT2D eigenvalue weighted by Gasteiger charge is -2.33. The summed E-state index contributed by atoms with van der Waals surface area (Å²) in [6.45, 7) is 3.55. The third kappa shape index (κ3) is 1.46. The first-order chi connectivity index (χ1) is 6.20. The van der Waals surface area contributed by atoms with Crippen molar-refractivity contribution in [3.05, 3.63) is 12.2 Å². The molecule has 0 aromatic heterocycles. The van der Waals surface area contributed by atoms with Crippen molar-refractivity contribution in [1.82, 2.24) is 0 Å². The molecule has 1 heterocycles. The summed E-state index contributed by atoms with van der Waals surface area (Å²) in [6.07, 6.45) is 4.24. The summed E-state index contributed by atoms with van der Waals surface area (Å²) >= 11 is 1.32. The molecule has 1 aliphatic heterocycles. The zero-order valence-electron chi connectivity index (χ0n) is 7.41. The number of carbonyl (C=O) groups excluding carboxylic acids is 2. The molecule has 0 aromatic carbocycles. The van der Waals surface area contributed by atoms with Gasteiger partial charge < -0.3 is 0 Å². The number of rotatable bonds is 0. The third-order valence-electron chi connectivity index (χ3n) is 2.84. The number of thioether (sulfide) groups is 1. The van der Waals surface area contributed by atoms with Crippen molar-refractivity contribution >= 4 is 22.7 Å². The van der Waals surface area contributed by atoms with E-state index < -0.39 is 0 Å². The van der Waals surface area contributed by atoms with Gasteiger partial charge in [-0.2, -0.15) is 0 Å². The quantitative estimate of drug-likeness (QED) is 0.438. The van der Waals surface area contributed by atoms with Gasteiger partial charge in [-0.05, 0) is 12.8 Å². The summed E-state index contributed by atoms with van der Waals surface area (Å²) in [5.74, 6) is 0.0948. The molecule has 2 fully saturated rings. The highest BCUT2D eigenvalue weighted by molar-refractivity contribution is 8.15. The number of carbonyl (C=O) groups is 2. The van der Waals surface area contributed by atoms with E-state index in [1.165, 1.54) is 11.8 Å². The van der Waals surface area contributed by atoms with Crippen molar-refractivity contribution in [2.75, 3.05) is 0 Å². The van der Waals surface area contributed by atoms with Gasteiger partial charge in [0.25, 0.3) is 0 Å². The van der Waals surface area contributed by atoms with Gasteiger partial charge in [0.2, 0.25) is 5.12 Å². The summed E-state index contributed by atoms with van der Waals surface area (Å²) in [5.41, 5.74) is 0.216. The topological polar surface area (TPSA) is 34.1 Å². The number of hydrogen-bond donors (Lipinski definition) is 0. The molecule has 0 amide bonds. The van der Waals surface area contributed by atoms with Gasteiger partial charge in [-0.1, -0.05) is 31.2 Å². The summed E-state index contributed by atoms with van der Waals surface area (Å²) in [5, 5.41) is 0.146. The average Bonchev–Trinajstić information content (AvgIpc) is 2.15. The summed E-state index contributed by atoms with van der Waals surface area (Å²) < 4.78 is 0. The van der Waals surface area contributed by atoms with Gasteiger partial charge in [-0.25, -0.2) is 0 Å². The summed E-state index contributed by atoms with van der Waals surface area (Å²) in [7, 11) is 0. The monoisotopic (exact) mass is 196 g/mol. The van der Waals surface area contributed by atoms with Crippen LogP contribution in [-0.4, -0.2) is 16.1 Å². The minimum atomic E-state index is -0.104. The van der Waals surface area contributed by atoms with Crippen molar-refractivity contribution in [2.24, 2.45) is 5.92 Å². The van der Waals surface area contributed by atoms with Crippen LogP contribution < -0.4 is 0 Å². The molecule has 2 aliphatic rings. The normalized spacial score (nSPS) is 34.6. The maximum Gasteiger partial charge on any atom is 0.222 e. The van der Waals surface area contributed by atoms with Crippen LogP contribution in [0.4, 0.5) is 0 Å². The van der Waals surface area contributed by atoms with Crippen molar-refractivity contribution in [3.63, 3.8) is 0 Å². The second-order valence-electron chi connectivity index (χ2n) is 3.68. The van der Waals surface area contributed by atoms with E-state index in [2.05, 4.69) is 6.58 Å². The fourth-order valence-electron chi connectivity index (χ4n) is 2.07. The van der Waals surface area contributed by atoms with E-state index >= 15 is 0 Å². The first kappa shape index (κ1) is 9.00. The first-order valence-electron chi connectivity index (χ1n) is 4.64. The number of Topliss-reactive ketones (excluding diaryl/α,β-unsaturated/α-hetero) is 1. The fraction of sp³-hybridized carbons (Fsp3) is 0.600. The molecule has 2 rings (SSSR count). The Morgan fingerprint density at radius 1 is 1.23 bits per heavy atom. The largest absolute Gasteiger partial charge is 0.294 e. The number of hydrogen-bond acceptors (Lipinski definition) is 3. The van der Waals surface area contributed by atoms with Crippen LogP contribution in [0.25, 0.3) is 0 Å². The van der Waals surface area contributed by atoms with Crippen LogP contribution in [0.3, 0.4) is 0 Å². The van der Waals surface area contributed by atoms with Crippen LogP contribution >= 0.6 is 11.8 Å². The lowest BCUT2D eigenvalue weighted by Crippen LogP contribution is -2.37. The molecule has 2 unspecified atom stereocenters. The Hall–Kier alpha value is -0.570. The SMILES string of the molecule is C=C1C(=O)SC2CCCCC2C1=O. The molecule has 1 saturated carbocycles. The van der Waals surface area contributed by atoms with Crippen LogP contribution in [0, 0.1) is 5.92 Å². The minimum absolute atomic E-state index is 0.00782. The molecule has 2 nitrogen and oxygen atoms in total. The van der Waals surface area contributed by atoms with Crippen LogP contribution in [0.5, 0.6) is 0 Å². The average molecular weight is 196 g/mol. The smallest absolute Gasteiger partial charge is 0.222 e. The predicted molar refractivity (Wildman–Crippen MR) is 52.5 cm³/mol. The maximum atomic E-state index is 11.6. The van der Waals surface area contributed by atoms with E-state index in [1.54, 1.807) is 0 Å². The van der Waals surface area contributed by atoms with E-state index in [-0.39, 0.29) is 27.6 Å². The second kappa shape index (κ2) is 3.29. The van der Waals surface area contributed by atoms with Crippen LogP contribution in [0.1, 0.15) is 25.7 Å². The Balaban J connectivity index is 2.22. The molecule has 0 radical (unpaired) electrons. The van der Waals surface area contributed by atoms with E-state index in [1.807, 2.05) is 0 Å². The highest BCUT2D eigenvalue weighted by atomic mass is 32.2. The van der Waals surface area contributed by atoms with Crippen molar-refractivity contribution in [2.45, 2.75) is 30.9 Å². The molecule has 0 bridgehead atoms. The first-order valence-corrected chi connectivity index (χ1v) is 5.52. The van der Waals surface area contributed by atoms with Gasteiger partial charge in [0, 0.05) is 11.2 Å². The molecule has 3 heteroatoms.